The minimum atomic E-state index is -0.486. The van der Waals surface area contributed by atoms with E-state index in [1.165, 1.54) is 23.3 Å². The number of hydrogen-bond donors (Lipinski definition) is 0. The van der Waals surface area contributed by atoms with Gasteiger partial charge in [0.1, 0.15) is 5.00 Å². The Hall–Kier alpha value is -1.89. The van der Waals surface area contributed by atoms with Crippen LogP contribution in [0, 0.1) is 12.8 Å². The topological polar surface area (TPSA) is 72.9 Å². The number of aryl methyl sites for hydroxylation is 1. The first-order valence-corrected chi connectivity index (χ1v) is 7.50. The van der Waals surface area contributed by atoms with Crippen LogP contribution in [0.15, 0.2) is 5.38 Å². The molecule has 0 saturated carbocycles. The molecule has 0 aliphatic carbocycles. The number of anilines is 1. The molecule has 1 fully saturated rings. The Labute approximate surface area is 126 Å². The Morgan fingerprint density at radius 1 is 1.48 bits per heavy atom. The number of rotatable bonds is 4. The van der Waals surface area contributed by atoms with E-state index in [0.29, 0.717) is 10.6 Å². The van der Waals surface area contributed by atoms with Crippen LogP contribution >= 0.6 is 11.3 Å². The van der Waals surface area contributed by atoms with E-state index in [1.54, 1.807) is 19.2 Å². The van der Waals surface area contributed by atoms with E-state index in [-0.39, 0.29) is 25.5 Å². The molecule has 2 rings (SSSR count). The van der Waals surface area contributed by atoms with Crippen molar-refractivity contribution in [3.8, 4) is 0 Å². The summed E-state index contributed by atoms with van der Waals surface area (Å²) in [5, 5.41) is 2.35. The molecule has 114 valence electrons. The van der Waals surface area contributed by atoms with Crippen LogP contribution in [0.1, 0.15) is 29.3 Å². The van der Waals surface area contributed by atoms with Gasteiger partial charge in [-0.15, -0.1) is 11.3 Å². The minimum absolute atomic E-state index is 0.103. The predicted molar refractivity (Wildman–Crippen MR) is 77.5 cm³/mol. The Balaban J connectivity index is 2.29. The molecule has 1 saturated heterocycles. The fraction of sp³-hybridized carbons (Fsp3) is 0.500. The molecule has 6 nitrogen and oxygen atoms in total. The van der Waals surface area contributed by atoms with Crippen molar-refractivity contribution in [3.63, 3.8) is 0 Å². The van der Waals surface area contributed by atoms with Gasteiger partial charge < -0.3 is 14.4 Å². The predicted octanol–water partition coefficient (Wildman–Crippen LogP) is 1.76. The van der Waals surface area contributed by atoms with Gasteiger partial charge >= 0.3 is 11.9 Å². The van der Waals surface area contributed by atoms with E-state index in [9.17, 15) is 14.4 Å². The summed E-state index contributed by atoms with van der Waals surface area (Å²) in [5.74, 6) is -1.52. The zero-order valence-electron chi connectivity index (χ0n) is 12.2. The van der Waals surface area contributed by atoms with Gasteiger partial charge in [0.15, 0.2) is 0 Å². The third kappa shape index (κ3) is 2.92. The molecule has 1 aromatic heterocycles. The first-order chi connectivity index (χ1) is 9.99. The fourth-order valence-electron chi connectivity index (χ4n) is 2.31. The van der Waals surface area contributed by atoms with Gasteiger partial charge in [0.25, 0.3) is 0 Å². The summed E-state index contributed by atoms with van der Waals surface area (Å²) in [7, 11) is 1.30. The van der Waals surface area contributed by atoms with Crippen LogP contribution in [0.2, 0.25) is 0 Å². The second-order valence-corrected chi connectivity index (χ2v) is 5.61. The number of carbonyl (C=O) groups is 3. The van der Waals surface area contributed by atoms with E-state index in [2.05, 4.69) is 4.74 Å². The number of thiophene rings is 1. The first-order valence-electron chi connectivity index (χ1n) is 6.63. The lowest BCUT2D eigenvalue weighted by molar-refractivity contribution is -0.145. The lowest BCUT2D eigenvalue weighted by atomic mass is 10.1. The third-order valence-corrected chi connectivity index (χ3v) is 4.46. The number of methoxy groups -OCH3 is 1. The van der Waals surface area contributed by atoms with Gasteiger partial charge in [-0.3, -0.25) is 9.59 Å². The molecule has 0 radical (unpaired) electrons. The summed E-state index contributed by atoms with van der Waals surface area (Å²) in [6.45, 7) is 4.03. The highest BCUT2D eigenvalue weighted by Crippen LogP contribution is 2.36. The van der Waals surface area contributed by atoms with Gasteiger partial charge in [-0.2, -0.15) is 0 Å². The molecule has 1 unspecified atom stereocenters. The van der Waals surface area contributed by atoms with E-state index >= 15 is 0 Å². The zero-order valence-corrected chi connectivity index (χ0v) is 13.0. The monoisotopic (exact) mass is 311 g/mol. The van der Waals surface area contributed by atoms with Crippen molar-refractivity contribution in [2.24, 2.45) is 5.92 Å². The average molecular weight is 311 g/mol. The molecule has 1 amide bonds. The summed E-state index contributed by atoms with van der Waals surface area (Å²) in [6.07, 6.45) is 0.103. The Morgan fingerprint density at radius 2 is 2.19 bits per heavy atom. The SMILES string of the molecule is CCOC(=O)c1c(C)csc1N1CC(C(=O)OC)CC1=O. The summed E-state index contributed by atoms with van der Waals surface area (Å²) < 4.78 is 9.72. The van der Waals surface area contributed by atoms with Crippen LogP contribution in [0.5, 0.6) is 0 Å². The highest BCUT2D eigenvalue weighted by atomic mass is 32.1. The van der Waals surface area contributed by atoms with Crippen molar-refractivity contribution in [1.82, 2.24) is 0 Å². The fourth-order valence-corrected chi connectivity index (χ4v) is 3.38. The number of hydrogen-bond acceptors (Lipinski definition) is 6. The van der Waals surface area contributed by atoms with Gasteiger partial charge in [0.05, 0.1) is 25.2 Å². The summed E-state index contributed by atoms with van der Waals surface area (Å²) in [5.41, 5.74) is 1.17. The number of amides is 1. The minimum Gasteiger partial charge on any atom is -0.469 e. The molecule has 2 heterocycles. The molecular formula is C14H17NO5S. The second kappa shape index (κ2) is 6.26. The zero-order chi connectivity index (χ0) is 15.6. The maximum Gasteiger partial charge on any atom is 0.341 e. The van der Waals surface area contributed by atoms with Gasteiger partial charge in [0, 0.05) is 13.0 Å². The summed E-state index contributed by atoms with van der Waals surface area (Å²) in [6, 6.07) is 0. The molecule has 21 heavy (non-hydrogen) atoms. The molecule has 0 bridgehead atoms. The smallest absolute Gasteiger partial charge is 0.341 e. The molecule has 1 aromatic rings. The number of nitrogens with zero attached hydrogens (tertiary/aromatic N) is 1. The van der Waals surface area contributed by atoms with Gasteiger partial charge in [0.2, 0.25) is 5.91 Å². The Morgan fingerprint density at radius 3 is 2.81 bits per heavy atom. The van der Waals surface area contributed by atoms with Crippen LogP contribution in [-0.4, -0.2) is 38.1 Å². The number of esters is 2. The van der Waals surface area contributed by atoms with Gasteiger partial charge in [-0.1, -0.05) is 0 Å². The van der Waals surface area contributed by atoms with Crippen LogP contribution in [0.4, 0.5) is 5.00 Å². The van der Waals surface area contributed by atoms with Crippen molar-refractivity contribution in [1.29, 1.82) is 0 Å². The second-order valence-electron chi connectivity index (χ2n) is 4.75. The summed E-state index contributed by atoms with van der Waals surface area (Å²) in [4.78, 5) is 37.2. The molecule has 0 spiro atoms. The van der Waals surface area contributed by atoms with Crippen molar-refractivity contribution < 1.29 is 23.9 Å². The molecular weight excluding hydrogens is 294 g/mol. The maximum absolute atomic E-state index is 12.1. The molecule has 0 N–H and O–H groups in total. The molecule has 1 aliphatic heterocycles. The number of ether oxygens (including phenoxy) is 2. The summed E-state index contributed by atoms with van der Waals surface area (Å²) >= 11 is 1.30. The lowest BCUT2D eigenvalue weighted by Crippen LogP contribution is -2.27. The van der Waals surface area contributed by atoms with E-state index < -0.39 is 17.9 Å². The van der Waals surface area contributed by atoms with Gasteiger partial charge in [-0.25, -0.2) is 4.79 Å². The van der Waals surface area contributed by atoms with Crippen LogP contribution < -0.4 is 4.90 Å². The van der Waals surface area contributed by atoms with Crippen molar-refractivity contribution in [2.75, 3.05) is 25.2 Å². The van der Waals surface area contributed by atoms with Crippen LogP contribution in [-0.2, 0) is 19.1 Å². The normalized spacial score (nSPS) is 18.0. The molecule has 0 aromatic carbocycles. The maximum atomic E-state index is 12.1. The standard InChI is InChI=1S/C14H17NO5S/c1-4-20-14(18)11-8(2)7-21-12(11)15-6-9(5-10(15)16)13(17)19-3/h7,9H,4-6H2,1-3H3. The average Bonchev–Trinajstić information content (AvgIpc) is 3.01. The Bertz CT molecular complexity index is 580. The first kappa shape index (κ1) is 15.5. The van der Waals surface area contributed by atoms with Crippen LogP contribution in [0.3, 0.4) is 0 Å². The number of carbonyl (C=O) groups excluding carboxylic acids is 3. The molecule has 1 aliphatic rings. The highest BCUT2D eigenvalue weighted by molar-refractivity contribution is 7.15. The molecule has 1 atom stereocenters. The largest absolute Gasteiger partial charge is 0.469 e. The lowest BCUT2D eigenvalue weighted by Gasteiger charge is -2.16. The Kier molecular flexibility index (Phi) is 4.62. The quantitative estimate of drug-likeness (QED) is 0.792. The van der Waals surface area contributed by atoms with Crippen molar-refractivity contribution in [2.45, 2.75) is 20.3 Å². The third-order valence-electron chi connectivity index (χ3n) is 3.34. The molecule has 7 heteroatoms. The van der Waals surface area contributed by atoms with E-state index in [4.69, 9.17) is 4.74 Å². The van der Waals surface area contributed by atoms with E-state index in [0.717, 1.165) is 5.56 Å². The van der Waals surface area contributed by atoms with Crippen molar-refractivity contribution >= 4 is 34.2 Å². The van der Waals surface area contributed by atoms with Crippen molar-refractivity contribution in [3.05, 3.63) is 16.5 Å². The highest BCUT2D eigenvalue weighted by Gasteiger charge is 2.38. The van der Waals surface area contributed by atoms with Gasteiger partial charge in [-0.05, 0) is 24.8 Å². The van der Waals surface area contributed by atoms with Crippen LogP contribution in [0.25, 0.3) is 0 Å². The van der Waals surface area contributed by atoms with E-state index in [1.807, 2.05) is 0 Å².